The highest BCUT2D eigenvalue weighted by molar-refractivity contribution is 6.07. The van der Waals surface area contributed by atoms with Gasteiger partial charge in [-0.05, 0) is 31.2 Å². The maximum absolute atomic E-state index is 12.2. The molecule has 0 N–H and O–H groups in total. The van der Waals surface area contributed by atoms with Crippen LogP contribution in [0.25, 0.3) is 33.2 Å². The zero-order chi connectivity index (χ0) is 18.1. The monoisotopic (exact) mass is 339 g/mol. The highest BCUT2D eigenvalue weighted by atomic mass is 16.1. The first kappa shape index (κ1) is 16.1. The van der Waals surface area contributed by atoms with Crippen molar-refractivity contribution >= 4 is 33.8 Å². The molecule has 0 saturated carbocycles. The smallest absolute Gasteiger partial charge is 0.160 e. The Morgan fingerprint density at radius 2 is 1.46 bits per heavy atom. The van der Waals surface area contributed by atoms with Gasteiger partial charge >= 0.3 is 0 Å². The number of benzene rings is 2. The minimum atomic E-state index is 0.0148. The normalized spacial score (nSPS) is 11.5. The number of hydrogen-bond donors (Lipinski definition) is 0. The Bertz CT molecular complexity index is 1180. The van der Waals surface area contributed by atoms with E-state index >= 15 is 0 Å². The lowest BCUT2D eigenvalue weighted by Crippen LogP contribution is -1.99. The van der Waals surface area contributed by atoms with Crippen LogP contribution in [0.2, 0.25) is 0 Å². The van der Waals surface area contributed by atoms with Gasteiger partial charge in [-0.25, -0.2) is 9.97 Å². The molecule has 0 atom stereocenters. The van der Waals surface area contributed by atoms with E-state index in [1.807, 2.05) is 66.9 Å². The van der Waals surface area contributed by atoms with Crippen LogP contribution in [0.4, 0.5) is 0 Å². The molecule has 2 heterocycles. The molecule has 0 amide bonds. The second kappa shape index (κ2) is 6.48. The van der Waals surface area contributed by atoms with E-state index in [9.17, 15) is 4.79 Å². The van der Waals surface area contributed by atoms with Crippen LogP contribution in [0.5, 0.6) is 0 Å². The molecular weight excluding hydrogens is 322 g/mol. The molecule has 0 saturated heterocycles. The van der Waals surface area contributed by atoms with Gasteiger partial charge in [-0.1, -0.05) is 36.4 Å². The van der Waals surface area contributed by atoms with Crippen molar-refractivity contribution in [2.75, 3.05) is 7.05 Å². The van der Waals surface area contributed by atoms with Crippen LogP contribution in [-0.2, 0) is 0 Å². The first-order valence-electron chi connectivity index (χ1n) is 8.40. The van der Waals surface area contributed by atoms with E-state index in [2.05, 4.69) is 4.99 Å². The molecule has 2 aromatic carbocycles. The van der Waals surface area contributed by atoms with Crippen molar-refractivity contribution in [2.45, 2.75) is 6.92 Å². The van der Waals surface area contributed by atoms with Gasteiger partial charge in [0.1, 0.15) is 0 Å². The molecule has 2 aromatic heterocycles. The van der Waals surface area contributed by atoms with Gasteiger partial charge in [0.05, 0.1) is 22.4 Å². The third-order valence-electron chi connectivity index (χ3n) is 4.37. The number of hydrogen-bond acceptors (Lipinski definition) is 4. The average molecular weight is 339 g/mol. The number of pyridine rings is 2. The topological polar surface area (TPSA) is 55.2 Å². The molecule has 4 heteroatoms. The lowest BCUT2D eigenvalue weighted by Gasteiger charge is -2.09. The van der Waals surface area contributed by atoms with Crippen molar-refractivity contribution in [3.05, 3.63) is 71.8 Å². The van der Waals surface area contributed by atoms with Crippen LogP contribution in [0.1, 0.15) is 22.8 Å². The van der Waals surface area contributed by atoms with Crippen LogP contribution in [0.3, 0.4) is 0 Å². The lowest BCUT2D eigenvalue weighted by molar-refractivity contribution is 0.101. The summed E-state index contributed by atoms with van der Waals surface area (Å²) in [6.07, 6.45) is 1.82. The molecule has 0 spiro atoms. The molecule has 0 radical (unpaired) electrons. The Hall–Kier alpha value is -3.40. The van der Waals surface area contributed by atoms with Crippen LogP contribution in [-0.4, -0.2) is 29.0 Å². The van der Waals surface area contributed by atoms with Crippen LogP contribution in [0.15, 0.2) is 65.7 Å². The molecule has 0 aliphatic carbocycles. The molecule has 0 aliphatic heterocycles. The van der Waals surface area contributed by atoms with Crippen LogP contribution >= 0.6 is 0 Å². The van der Waals surface area contributed by atoms with Gasteiger partial charge < -0.3 is 0 Å². The number of aromatic nitrogens is 2. The van der Waals surface area contributed by atoms with Crippen molar-refractivity contribution in [3.63, 3.8) is 0 Å². The van der Waals surface area contributed by atoms with Gasteiger partial charge in [0, 0.05) is 35.2 Å². The predicted octanol–water partition coefficient (Wildman–Crippen LogP) is 4.70. The van der Waals surface area contributed by atoms with Crippen molar-refractivity contribution in [3.8, 4) is 11.4 Å². The Labute approximate surface area is 151 Å². The summed E-state index contributed by atoms with van der Waals surface area (Å²) < 4.78 is 0. The fraction of sp³-hybridized carbons (Fsp3) is 0.0909. The number of ketones is 1. The van der Waals surface area contributed by atoms with Crippen molar-refractivity contribution in [2.24, 2.45) is 4.99 Å². The summed E-state index contributed by atoms with van der Waals surface area (Å²) in [5.41, 5.74) is 4.71. The zero-order valence-electron chi connectivity index (χ0n) is 14.6. The Morgan fingerprint density at radius 1 is 0.885 bits per heavy atom. The zero-order valence-corrected chi connectivity index (χ0v) is 14.6. The second-order valence-electron chi connectivity index (χ2n) is 6.13. The summed E-state index contributed by atoms with van der Waals surface area (Å²) in [5.74, 6) is 0.0148. The molecular formula is C22H17N3O. The van der Waals surface area contributed by atoms with E-state index in [-0.39, 0.29) is 5.78 Å². The summed E-state index contributed by atoms with van der Waals surface area (Å²) >= 11 is 0. The Balaban J connectivity index is 2.02. The van der Waals surface area contributed by atoms with E-state index in [0.29, 0.717) is 11.3 Å². The number of carbonyl (C=O) groups is 1. The standard InChI is InChI=1S/C22H17N3O/c1-14(26)18-12-22(25-20-10-6-4-8-17(18)20)21-11-15(13-23-2)16-7-3-5-9-19(16)24-21/h3-13H,1-2H3. The van der Waals surface area contributed by atoms with Gasteiger partial charge in [-0.2, -0.15) is 0 Å². The van der Waals surface area contributed by atoms with Gasteiger partial charge in [0.2, 0.25) is 0 Å². The van der Waals surface area contributed by atoms with Gasteiger partial charge in [0.15, 0.2) is 5.78 Å². The number of fused-ring (bicyclic) bond motifs is 2. The fourth-order valence-corrected chi connectivity index (χ4v) is 3.18. The second-order valence-corrected chi connectivity index (χ2v) is 6.13. The highest BCUT2D eigenvalue weighted by Gasteiger charge is 2.13. The molecule has 4 nitrogen and oxygen atoms in total. The minimum absolute atomic E-state index is 0.0148. The average Bonchev–Trinajstić information content (AvgIpc) is 2.67. The third kappa shape index (κ3) is 2.75. The van der Waals surface area contributed by atoms with E-state index < -0.39 is 0 Å². The quantitative estimate of drug-likeness (QED) is 0.401. The summed E-state index contributed by atoms with van der Waals surface area (Å²) in [6, 6.07) is 19.4. The summed E-state index contributed by atoms with van der Waals surface area (Å²) in [4.78, 5) is 25.8. The fourth-order valence-electron chi connectivity index (χ4n) is 3.18. The number of carbonyl (C=O) groups excluding carboxylic acids is 1. The number of Topliss-reactive ketones (excluding diaryl/α,β-unsaturated/α-hetero) is 1. The van der Waals surface area contributed by atoms with Crippen molar-refractivity contribution < 1.29 is 4.79 Å². The minimum Gasteiger partial charge on any atom is -0.296 e. The molecule has 0 unspecified atom stereocenters. The van der Waals surface area contributed by atoms with Crippen molar-refractivity contribution in [1.29, 1.82) is 0 Å². The largest absolute Gasteiger partial charge is 0.296 e. The van der Waals surface area contributed by atoms with Gasteiger partial charge in [-0.15, -0.1) is 0 Å². The third-order valence-corrected chi connectivity index (χ3v) is 4.37. The van der Waals surface area contributed by atoms with E-state index in [1.165, 1.54) is 0 Å². The molecule has 4 rings (SSSR count). The Kier molecular flexibility index (Phi) is 4.01. The molecule has 0 aliphatic rings. The number of aliphatic imine (C=N–C) groups is 1. The van der Waals surface area contributed by atoms with Gasteiger partial charge in [-0.3, -0.25) is 9.79 Å². The summed E-state index contributed by atoms with van der Waals surface area (Å²) in [7, 11) is 1.75. The SMILES string of the molecule is CN=Cc1cc(-c2cc(C(C)=O)c3ccccc3n2)nc2ccccc12. The van der Waals surface area contributed by atoms with Crippen LogP contribution in [0, 0.1) is 0 Å². The molecule has 4 aromatic rings. The first-order valence-corrected chi connectivity index (χ1v) is 8.40. The first-order chi connectivity index (χ1) is 12.7. The maximum Gasteiger partial charge on any atom is 0.160 e. The van der Waals surface area contributed by atoms with Gasteiger partial charge in [0.25, 0.3) is 0 Å². The summed E-state index contributed by atoms with van der Waals surface area (Å²) in [6.45, 7) is 1.58. The maximum atomic E-state index is 12.2. The molecule has 126 valence electrons. The van der Waals surface area contributed by atoms with E-state index in [4.69, 9.17) is 9.97 Å². The predicted molar refractivity (Wildman–Crippen MR) is 106 cm³/mol. The number of rotatable bonds is 3. The van der Waals surface area contributed by atoms with E-state index in [1.54, 1.807) is 14.0 Å². The Morgan fingerprint density at radius 3 is 2.12 bits per heavy atom. The molecule has 26 heavy (non-hydrogen) atoms. The number of para-hydroxylation sites is 2. The van der Waals surface area contributed by atoms with E-state index in [0.717, 1.165) is 33.1 Å². The number of nitrogens with zero attached hydrogens (tertiary/aromatic N) is 3. The summed E-state index contributed by atoms with van der Waals surface area (Å²) in [5, 5.41) is 1.90. The van der Waals surface area contributed by atoms with Crippen LogP contribution < -0.4 is 0 Å². The lowest BCUT2D eigenvalue weighted by atomic mass is 10.0. The molecule has 0 bridgehead atoms. The molecule has 0 fully saturated rings. The van der Waals surface area contributed by atoms with Crippen molar-refractivity contribution in [1.82, 2.24) is 9.97 Å². The highest BCUT2D eigenvalue weighted by Crippen LogP contribution is 2.27.